The van der Waals surface area contributed by atoms with Gasteiger partial charge < -0.3 is 20.2 Å². The minimum absolute atomic E-state index is 0.0928. The summed E-state index contributed by atoms with van der Waals surface area (Å²) < 4.78 is 1.94. The number of carbonyl (C=O) groups is 2. The fourth-order valence-corrected chi connectivity index (χ4v) is 4.74. The molecule has 9 nitrogen and oxygen atoms in total. The molecule has 9 heteroatoms. The summed E-state index contributed by atoms with van der Waals surface area (Å²) in [7, 11) is 0. The summed E-state index contributed by atoms with van der Waals surface area (Å²) in [4.78, 5) is 28.0. The van der Waals surface area contributed by atoms with Crippen molar-refractivity contribution in [1.29, 1.82) is 0 Å². The maximum absolute atomic E-state index is 12.4. The molecular weight excluding hydrogens is 372 g/mol. The van der Waals surface area contributed by atoms with Crippen molar-refractivity contribution in [3.05, 3.63) is 18.0 Å². The highest BCUT2D eigenvalue weighted by Gasteiger charge is 2.38. The molecule has 4 saturated heterocycles. The number of carboxylic acid groups (broad SMARTS) is 1. The van der Waals surface area contributed by atoms with Gasteiger partial charge in [-0.15, -0.1) is 0 Å². The van der Waals surface area contributed by atoms with Gasteiger partial charge in [0.1, 0.15) is 0 Å². The van der Waals surface area contributed by atoms with Crippen LogP contribution in [0.2, 0.25) is 0 Å². The molecule has 4 fully saturated rings. The summed E-state index contributed by atoms with van der Waals surface area (Å²) >= 11 is 0. The summed E-state index contributed by atoms with van der Waals surface area (Å²) in [6, 6.07) is 0.815. The Kier molecular flexibility index (Phi) is 7.88. The van der Waals surface area contributed by atoms with E-state index in [9.17, 15) is 4.79 Å². The first-order valence-electron chi connectivity index (χ1n) is 10.7. The number of piperazine rings is 1. The van der Waals surface area contributed by atoms with Crippen LogP contribution < -0.4 is 5.32 Å². The smallest absolute Gasteiger partial charge is 0.317 e. The highest BCUT2D eigenvalue weighted by molar-refractivity contribution is 5.74. The van der Waals surface area contributed by atoms with E-state index in [-0.39, 0.29) is 12.5 Å². The molecule has 1 aromatic heterocycles. The topological polar surface area (TPSA) is 93.9 Å². The first-order valence-corrected chi connectivity index (χ1v) is 10.7. The van der Waals surface area contributed by atoms with Gasteiger partial charge in [-0.05, 0) is 50.8 Å². The number of nitrogens with one attached hydrogen (secondary N) is 1. The molecule has 4 aliphatic rings. The Morgan fingerprint density at radius 2 is 1.93 bits per heavy atom. The van der Waals surface area contributed by atoms with E-state index < -0.39 is 0 Å². The third-order valence-electron chi connectivity index (χ3n) is 6.29. The fraction of sp³-hybridized carbons (Fsp3) is 0.750. The molecule has 162 valence electrons. The number of urea groups is 1. The van der Waals surface area contributed by atoms with Gasteiger partial charge in [-0.3, -0.25) is 14.4 Å². The Morgan fingerprint density at radius 1 is 1.24 bits per heavy atom. The Morgan fingerprint density at radius 3 is 2.48 bits per heavy atom. The van der Waals surface area contributed by atoms with Crippen LogP contribution in [0.5, 0.6) is 0 Å². The fourth-order valence-electron chi connectivity index (χ4n) is 4.74. The zero-order chi connectivity index (χ0) is 20.6. The minimum atomic E-state index is -0.250. The summed E-state index contributed by atoms with van der Waals surface area (Å²) in [6.07, 6.45) is 7.54. The highest BCUT2D eigenvalue weighted by atomic mass is 16.3. The number of aryl methyl sites for hydroxylation is 2. The van der Waals surface area contributed by atoms with Crippen LogP contribution in [-0.4, -0.2) is 100 Å². The average Bonchev–Trinajstić information content (AvgIpc) is 3.17. The quantitative estimate of drug-likeness (QED) is 0.552. The average molecular weight is 407 g/mol. The number of rotatable bonds is 5. The van der Waals surface area contributed by atoms with Crippen molar-refractivity contribution < 1.29 is 14.7 Å². The van der Waals surface area contributed by atoms with E-state index in [0.717, 1.165) is 51.1 Å². The predicted octanol–water partition coefficient (Wildman–Crippen LogP) is 0.704. The first-order chi connectivity index (χ1) is 14.1. The van der Waals surface area contributed by atoms with Crippen molar-refractivity contribution in [2.24, 2.45) is 5.92 Å². The standard InChI is InChI=1S/C19H32N6O.CH2O2/c1-16-13-21-25(14-16)6-2-5-20-19(26)24-11-9-23(10-12-24)18-15-22-7-3-17(18)4-8-22;2-1-3/h13-14,17-18H,2-12,15H2,1H3,(H,20,26);1H,(H,2,3). The second kappa shape index (κ2) is 10.6. The van der Waals surface area contributed by atoms with Crippen molar-refractivity contribution in [3.8, 4) is 0 Å². The number of piperidine rings is 3. The summed E-state index contributed by atoms with van der Waals surface area (Å²) in [5, 5.41) is 14.2. The van der Waals surface area contributed by atoms with Crippen LogP contribution in [0.4, 0.5) is 4.79 Å². The Labute approximate surface area is 172 Å². The van der Waals surface area contributed by atoms with E-state index in [4.69, 9.17) is 9.90 Å². The van der Waals surface area contributed by atoms with E-state index in [0.29, 0.717) is 6.54 Å². The Hall–Kier alpha value is -2.13. The first kappa shape index (κ1) is 21.6. The van der Waals surface area contributed by atoms with E-state index in [1.807, 2.05) is 28.9 Å². The van der Waals surface area contributed by atoms with E-state index >= 15 is 0 Å². The number of aromatic nitrogens is 2. The molecule has 5 rings (SSSR count). The van der Waals surface area contributed by atoms with Crippen LogP contribution in [0.3, 0.4) is 0 Å². The normalized spacial score (nSPS) is 26.5. The van der Waals surface area contributed by atoms with Crippen LogP contribution in [0.25, 0.3) is 0 Å². The predicted molar refractivity (Wildman–Crippen MR) is 110 cm³/mol. The number of nitrogens with zero attached hydrogens (tertiary/aromatic N) is 5. The lowest BCUT2D eigenvalue weighted by atomic mass is 9.83. The van der Waals surface area contributed by atoms with Crippen molar-refractivity contribution >= 4 is 12.5 Å². The van der Waals surface area contributed by atoms with E-state index in [2.05, 4.69) is 20.2 Å². The van der Waals surface area contributed by atoms with Gasteiger partial charge >= 0.3 is 6.03 Å². The Balaban J connectivity index is 0.000000755. The number of hydrogen-bond acceptors (Lipinski definition) is 5. The van der Waals surface area contributed by atoms with Crippen molar-refractivity contribution in [2.45, 2.75) is 38.8 Å². The molecule has 2 amide bonds. The van der Waals surface area contributed by atoms with Gasteiger partial charge in [0.25, 0.3) is 6.47 Å². The zero-order valence-corrected chi connectivity index (χ0v) is 17.4. The van der Waals surface area contributed by atoms with Crippen LogP contribution in [-0.2, 0) is 11.3 Å². The molecule has 29 heavy (non-hydrogen) atoms. The third-order valence-corrected chi connectivity index (χ3v) is 6.29. The maximum Gasteiger partial charge on any atom is 0.317 e. The number of hydrogen-bond donors (Lipinski definition) is 2. The van der Waals surface area contributed by atoms with Crippen molar-refractivity contribution in [1.82, 2.24) is 29.8 Å². The molecule has 1 atom stereocenters. The maximum atomic E-state index is 12.4. The van der Waals surface area contributed by atoms with Crippen LogP contribution in [0, 0.1) is 12.8 Å². The van der Waals surface area contributed by atoms with Crippen molar-refractivity contribution in [2.75, 3.05) is 52.4 Å². The van der Waals surface area contributed by atoms with Crippen LogP contribution in [0.15, 0.2) is 12.4 Å². The second-order valence-electron chi connectivity index (χ2n) is 8.20. The molecule has 1 unspecified atom stereocenters. The highest BCUT2D eigenvalue weighted by Crippen LogP contribution is 2.31. The van der Waals surface area contributed by atoms with E-state index in [1.165, 1.54) is 38.0 Å². The van der Waals surface area contributed by atoms with Gasteiger partial charge in [-0.2, -0.15) is 5.10 Å². The van der Waals surface area contributed by atoms with Gasteiger partial charge in [-0.1, -0.05) is 0 Å². The zero-order valence-electron chi connectivity index (χ0n) is 17.4. The number of amides is 2. The molecular formula is C20H34N6O3. The third kappa shape index (κ3) is 5.93. The van der Waals surface area contributed by atoms with Crippen LogP contribution in [0.1, 0.15) is 24.8 Å². The van der Waals surface area contributed by atoms with Gasteiger partial charge in [0.15, 0.2) is 0 Å². The van der Waals surface area contributed by atoms with Crippen LogP contribution >= 0.6 is 0 Å². The summed E-state index contributed by atoms with van der Waals surface area (Å²) in [5.41, 5.74) is 1.18. The molecule has 0 aliphatic carbocycles. The number of carbonyl (C=O) groups excluding carboxylic acids is 1. The SMILES string of the molecule is Cc1cnn(CCCNC(=O)N2CCN(C3CN4CCC3CC4)CC2)c1.O=CO. The number of fused-ring (bicyclic) bond motifs is 3. The second-order valence-corrected chi connectivity index (χ2v) is 8.20. The molecule has 0 aromatic carbocycles. The molecule has 1 aromatic rings. The summed E-state index contributed by atoms with van der Waals surface area (Å²) in [5.74, 6) is 0.881. The van der Waals surface area contributed by atoms with E-state index in [1.54, 1.807) is 0 Å². The van der Waals surface area contributed by atoms with Gasteiger partial charge in [0.05, 0.1) is 6.20 Å². The van der Waals surface area contributed by atoms with Gasteiger partial charge in [0, 0.05) is 58.1 Å². The minimum Gasteiger partial charge on any atom is -0.483 e. The lowest BCUT2D eigenvalue weighted by Gasteiger charge is -2.50. The molecule has 5 heterocycles. The van der Waals surface area contributed by atoms with Gasteiger partial charge in [0.2, 0.25) is 0 Å². The molecule has 2 N–H and O–H groups in total. The molecule has 4 aliphatic heterocycles. The Bertz CT molecular complexity index is 650. The molecule has 2 bridgehead atoms. The van der Waals surface area contributed by atoms with Gasteiger partial charge in [-0.25, -0.2) is 4.79 Å². The molecule has 0 radical (unpaired) electrons. The molecule has 0 saturated carbocycles. The lowest BCUT2D eigenvalue weighted by Crippen LogP contribution is -2.62. The molecule has 0 spiro atoms. The largest absolute Gasteiger partial charge is 0.483 e. The monoisotopic (exact) mass is 406 g/mol. The van der Waals surface area contributed by atoms with Crippen molar-refractivity contribution in [3.63, 3.8) is 0 Å². The summed E-state index contributed by atoms with van der Waals surface area (Å²) in [6.45, 7) is 10.9. The lowest BCUT2D eigenvalue weighted by molar-refractivity contribution is -0.122.